The Morgan fingerprint density at radius 2 is 1.70 bits per heavy atom. The van der Waals surface area contributed by atoms with Crippen LogP contribution in [0.3, 0.4) is 0 Å². The number of sulfonamides is 1. The molecule has 1 amide bonds. The van der Waals surface area contributed by atoms with E-state index in [2.05, 4.69) is 0 Å². The maximum atomic E-state index is 13.1. The highest BCUT2D eigenvalue weighted by Gasteiger charge is 2.28. The molecule has 0 saturated carbocycles. The van der Waals surface area contributed by atoms with E-state index in [4.69, 9.17) is 21.2 Å². The van der Waals surface area contributed by atoms with Crippen molar-refractivity contribution in [2.75, 3.05) is 47.9 Å². The first-order chi connectivity index (χ1) is 13.7. The van der Waals surface area contributed by atoms with Crippen molar-refractivity contribution in [1.82, 2.24) is 14.3 Å². The number of hydrogen-bond donors (Lipinski definition) is 0. The number of halogens is 1. The molecular formula is C19H30ClN3O6S. The van der Waals surface area contributed by atoms with Gasteiger partial charge in [-0.25, -0.2) is 8.42 Å². The summed E-state index contributed by atoms with van der Waals surface area (Å²) >= 11 is 6.06. The lowest BCUT2D eigenvalue weighted by atomic mass is 10.2. The topological polar surface area (TPSA) is 96.5 Å². The van der Waals surface area contributed by atoms with Gasteiger partial charge >= 0.3 is 5.97 Å². The fourth-order valence-corrected chi connectivity index (χ4v) is 3.83. The van der Waals surface area contributed by atoms with E-state index in [1.54, 1.807) is 20.8 Å². The number of amides is 1. The van der Waals surface area contributed by atoms with E-state index in [1.165, 1.54) is 37.3 Å². The van der Waals surface area contributed by atoms with Crippen LogP contribution >= 0.6 is 11.6 Å². The van der Waals surface area contributed by atoms with Crippen LogP contribution in [0.5, 0.6) is 0 Å². The van der Waals surface area contributed by atoms with E-state index < -0.39 is 27.5 Å². The summed E-state index contributed by atoms with van der Waals surface area (Å²) in [6, 6.07) is 3.91. The molecule has 0 bridgehead atoms. The average Bonchev–Trinajstić information content (AvgIpc) is 2.62. The van der Waals surface area contributed by atoms with Gasteiger partial charge in [0.15, 0.2) is 0 Å². The zero-order valence-corrected chi connectivity index (χ0v) is 20.0. The van der Waals surface area contributed by atoms with Gasteiger partial charge in [-0.1, -0.05) is 16.1 Å². The van der Waals surface area contributed by atoms with Gasteiger partial charge < -0.3 is 14.5 Å². The van der Waals surface area contributed by atoms with E-state index in [-0.39, 0.29) is 28.6 Å². The molecule has 0 aliphatic heterocycles. The van der Waals surface area contributed by atoms with Crippen molar-refractivity contribution in [3.63, 3.8) is 0 Å². The van der Waals surface area contributed by atoms with Gasteiger partial charge in [-0.05, 0) is 53.1 Å². The zero-order valence-electron chi connectivity index (χ0n) is 18.4. The predicted molar refractivity (Wildman–Crippen MR) is 114 cm³/mol. The summed E-state index contributed by atoms with van der Waals surface area (Å²) in [4.78, 5) is 33.1. The molecule has 0 aromatic heterocycles. The third-order valence-electron chi connectivity index (χ3n) is 3.90. The first-order valence-corrected chi connectivity index (χ1v) is 11.0. The normalized spacial score (nSPS) is 12.3. The minimum atomic E-state index is -4.07. The number of hydroxylamine groups is 1. The van der Waals surface area contributed by atoms with Gasteiger partial charge in [-0.15, -0.1) is 0 Å². The first-order valence-electron chi connectivity index (χ1n) is 9.17. The van der Waals surface area contributed by atoms with E-state index >= 15 is 0 Å². The molecule has 170 valence electrons. The van der Waals surface area contributed by atoms with Gasteiger partial charge in [0, 0.05) is 25.7 Å². The van der Waals surface area contributed by atoms with Gasteiger partial charge in [0.2, 0.25) is 0 Å². The van der Waals surface area contributed by atoms with Crippen LogP contribution in [-0.4, -0.2) is 88.1 Å². The lowest BCUT2D eigenvalue weighted by molar-refractivity contribution is -0.155. The fourth-order valence-electron chi connectivity index (χ4n) is 2.36. The lowest BCUT2D eigenvalue weighted by Crippen LogP contribution is -2.42. The van der Waals surface area contributed by atoms with Gasteiger partial charge in [0.25, 0.3) is 15.9 Å². The molecule has 0 unspecified atom stereocenters. The molecule has 0 N–H and O–H groups in total. The summed E-state index contributed by atoms with van der Waals surface area (Å²) in [6.45, 7) is 5.68. The number of carbonyl (C=O) groups is 2. The van der Waals surface area contributed by atoms with Crippen LogP contribution in [0.4, 0.5) is 0 Å². The second kappa shape index (κ2) is 10.5. The summed E-state index contributed by atoms with van der Waals surface area (Å²) in [6.07, 6.45) is 0. The van der Waals surface area contributed by atoms with Crippen molar-refractivity contribution in [3.05, 3.63) is 28.8 Å². The Labute approximate surface area is 183 Å². The Morgan fingerprint density at radius 3 is 2.20 bits per heavy atom. The Balaban J connectivity index is 3.25. The minimum absolute atomic E-state index is 0.0533. The number of carbonyl (C=O) groups excluding carboxylic acids is 2. The minimum Gasteiger partial charge on any atom is -0.459 e. The maximum absolute atomic E-state index is 13.1. The van der Waals surface area contributed by atoms with Crippen LogP contribution in [0.2, 0.25) is 5.02 Å². The van der Waals surface area contributed by atoms with Gasteiger partial charge in [0.05, 0.1) is 12.1 Å². The summed E-state index contributed by atoms with van der Waals surface area (Å²) in [5, 5.41) is -0.0533. The number of nitrogens with zero attached hydrogens (tertiary/aromatic N) is 3. The van der Waals surface area contributed by atoms with Crippen molar-refractivity contribution >= 4 is 33.5 Å². The smallest absolute Gasteiger partial charge is 0.326 e. The number of rotatable bonds is 9. The average molecular weight is 464 g/mol. The molecule has 0 fully saturated rings. The first kappa shape index (κ1) is 26.3. The summed E-state index contributed by atoms with van der Waals surface area (Å²) in [5.74, 6) is -1.08. The molecule has 30 heavy (non-hydrogen) atoms. The number of benzene rings is 1. The van der Waals surface area contributed by atoms with Crippen molar-refractivity contribution in [3.8, 4) is 0 Å². The summed E-state index contributed by atoms with van der Waals surface area (Å²) in [7, 11) is 2.02. The van der Waals surface area contributed by atoms with Gasteiger partial charge in [-0.3, -0.25) is 14.4 Å². The largest absolute Gasteiger partial charge is 0.459 e. The van der Waals surface area contributed by atoms with Crippen molar-refractivity contribution < 1.29 is 27.6 Å². The second-order valence-corrected chi connectivity index (χ2v) is 10.2. The number of esters is 1. The number of hydrogen-bond acceptors (Lipinski definition) is 7. The molecule has 0 saturated heterocycles. The van der Waals surface area contributed by atoms with Crippen molar-refractivity contribution in [2.45, 2.75) is 31.3 Å². The summed E-state index contributed by atoms with van der Waals surface area (Å²) in [5.41, 5.74) is -0.621. The molecule has 9 nitrogen and oxygen atoms in total. The van der Waals surface area contributed by atoms with E-state index in [0.717, 1.165) is 0 Å². The molecule has 0 aliphatic rings. The Bertz CT molecular complexity index is 868. The van der Waals surface area contributed by atoms with Crippen molar-refractivity contribution in [2.24, 2.45) is 0 Å². The second-order valence-electron chi connectivity index (χ2n) is 7.86. The fraction of sp³-hybridized carbons (Fsp3) is 0.579. The molecule has 1 aromatic carbocycles. The molecule has 0 heterocycles. The standard InChI is InChI=1S/C19H30ClN3O6S/c1-19(2,3)29-17(24)13-23(11-10-21(4)5)18(25)14-8-9-15(20)16(12-14)30(26,27)22(6)28-7/h8-9,12H,10-11,13H2,1-7H3. The molecule has 0 atom stereocenters. The van der Waals surface area contributed by atoms with Crippen LogP contribution in [0.25, 0.3) is 0 Å². The van der Waals surface area contributed by atoms with E-state index in [1.807, 2.05) is 19.0 Å². The van der Waals surface area contributed by atoms with E-state index in [0.29, 0.717) is 11.0 Å². The van der Waals surface area contributed by atoms with Crippen LogP contribution in [0, 0.1) is 0 Å². The lowest BCUT2D eigenvalue weighted by Gasteiger charge is -2.26. The highest BCUT2D eigenvalue weighted by molar-refractivity contribution is 7.89. The number of ether oxygens (including phenoxy) is 1. The highest BCUT2D eigenvalue weighted by Crippen LogP contribution is 2.26. The molecule has 1 aromatic rings. The summed E-state index contributed by atoms with van der Waals surface area (Å²) < 4.78 is 31.1. The highest BCUT2D eigenvalue weighted by atomic mass is 35.5. The van der Waals surface area contributed by atoms with Crippen LogP contribution in [-0.2, 0) is 24.4 Å². The monoisotopic (exact) mass is 463 g/mol. The SMILES string of the molecule is CON(C)S(=O)(=O)c1cc(C(=O)N(CCN(C)C)CC(=O)OC(C)(C)C)ccc1Cl. The quantitative estimate of drug-likeness (QED) is 0.407. The molecule has 11 heteroatoms. The molecular weight excluding hydrogens is 434 g/mol. The van der Waals surface area contributed by atoms with Crippen molar-refractivity contribution in [1.29, 1.82) is 0 Å². The van der Waals surface area contributed by atoms with Crippen LogP contribution in [0.15, 0.2) is 23.1 Å². The van der Waals surface area contributed by atoms with E-state index in [9.17, 15) is 18.0 Å². The Kier molecular flexibility index (Phi) is 9.25. The maximum Gasteiger partial charge on any atom is 0.326 e. The Hall–Kier alpha value is -1.72. The van der Waals surface area contributed by atoms with Gasteiger partial charge in [0.1, 0.15) is 17.0 Å². The third kappa shape index (κ3) is 7.51. The molecule has 0 radical (unpaired) electrons. The zero-order chi connectivity index (χ0) is 23.3. The molecule has 0 aliphatic carbocycles. The predicted octanol–water partition coefficient (Wildman–Crippen LogP) is 1.87. The third-order valence-corrected chi connectivity index (χ3v) is 6.06. The molecule has 0 spiro atoms. The van der Waals surface area contributed by atoms with Crippen LogP contribution in [0.1, 0.15) is 31.1 Å². The Morgan fingerprint density at radius 1 is 1.10 bits per heavy atom. The van der Waals surface area contributed by atoms with Crippen LogP contribution < -0.4 is 0 Å². The number of likely N-dealkylation sites (N-methyl/N-ethyl adjacent to an activating group) is 1. The van der Waals surface area contributed by atoms with Gasteiger partial charge in [-0.2, -0.15) is 0 Å². The molecule has 1 rings (SSSR count).